The van der Waals surface area contributed by atoms with Crippen molar-refractivity contribution >= 4 is 29.1 Å². The first-order valence-electron chi connectivity index (χ1n) is 8.96. The molecule has 146 valence electrons. The largest absolute Gasteiger partial charge is 0.463 e. The van der Waals surface area contributed by atoms with Gasteiger partial charge in [0.1, 0.15) is 11.4 Å². The van der Waals surface area contributed by atoms with Crippen LogP contribution in [0.1, 0.15) is 24.3 Å². The molecule has 3 heterocycles. The van der Waals surface area contributed by atoms with E-state index in [9.17, 15) is 4.79 Å². The van der Waals surface area contributed by atoms with Gasteiger partial charge in [-0.2, -0.15) is 5.10 Å². The second kappa shape index (κ2) is 7.62. The maximum absolute atomic E-state index is 13.3. The van der Waals surface area contributed by atoms with E-state index in [0.29, 0.717) is 46.0 Å². The molecule has 0 spiro atoms. The number of carbonyl (C=O) groups is 1. The number of carbonyl (C=O) groups excluding carboxylic acids is 1. The zero-order valence-electron chi connectivity index (χ0n) is 15.4. The molecular weight excluding hydrogens is 401 g/mol. The lowest BCUT2D eigenvalue weighted by molar-refractivity contribution is -0.0588. The molecule has 2 atom stereocenters. The number of aromatic nitrogens is 2. The molecular formula is C20H19Cl2N3O3. The summed E-state index contributed by atoms with van der Waals surface area (Å²) in [5.41, 5.74) is 1.63. The average molecular weight is 420 g/mol. The van der Waals surface area contributed by atoms with Crippen molar-refractivity contribution in [3.63, 3.8) is 0 Å². The molecule has 1 fully saturated rings. The first-order valence-corrected chi connectivity index (χ1v) is 9.72. The van der Waals surface area contributed by atoms with E-state index < -0.39 is 0 Å². The minimum Gasteiger partial charge on any atom is -0.463 e. The van der Waals surface area contributed by atoms with Gasteiger partial charge in [0, 0.05) is 19.2 Å². The summed E-state index contributed by atoms with van der Waals surface area (Å²) in [6.07, 6.45) is 1.51. The molecule has 1 amide bonds. The summed E-state index contributed by atoms with van der Waals surface area (Å²) in [5, 5.41) is 5.42. The predicted molar refractivity (Wildman–Crippen MR) is 107 cm³/mol. The van der Waals surface area contributed by atoms with Crippen LogP contribution < -0.4 is 0 Å². The van der Waals surface area contributed by atoms with Crippen molar-refractivity contribution in [2.24, 2.45) is 0 Å². The van der Waals surface area contributed by atoms with E-state index in [0.717, 1.165) is 0 Å². The fourth-order valence-corrected chi connectivity index (χ4v) is 3.69. The molecule has 0 radical (unpaired) electrons. The van der Waals surface area contributed by atoms with Crippen molar-refractivity contribution in [1.29, 1.82) is 0 Å². The third kappa shape index (κ3) is 3.68. The summed E-state index contributed by atoms with van der Waals surface area (Å²) >= 11 is 12.2. The number of benzene rings is 1. The van der Waals surface area contributed by atoms with Gasteiger partial charge in [0.15, 0.2) is 5.76 Å². The van der Waals surface area contributed by atoms with Crippen LogP contribution in [0.25, 0.3) is 17.1 Å². The van der Waals surface area contributed by atoms with Crippen LogP contribution in [0.3, 0.4) is 0 Å². The summed E-state index contributed by atoms with van der Waals surface area (Å²) in [4.78, 5) is 15.1. The van der Waals surface area contributed by atoms with Gasteiger partial charge in [-0.25, -0.2) is 4.68 Å². The molecule has 28 heavy (non-hydrogen) atoms. The highest BCUT2D eigenvalue weighted by molar-refractivity contribution is 6.42. The SMILES string of the molecule is CC1CN(C(=O)c2cc(-c3ccco3)nn2-c2ccc(Cl)c(Cl)c2)CC(C)O1. The van der Waals surface area contributed by atoms with E-state index in [-0.39, 0.29) is 18.1 Å². The zero-order chi connectivity index (χ0) is 19.8. The van der Waals surface area contributed by atoms with Crippen molar-refractivity contribution in [2.75, 3.05) is 13.1 Å². The van der Waals surface area contributed by atoms with Crippen molar-refractivity contribution in [1.82, 2.24) is 14.7 Å². The maximum Gasteiger partial charge on any atom is 0.272 e. The van der Waals surface area contributed by atoms with Crippen LogP contribution in [0.2, 0.25) is 10.0 Å². The smallest absolute Gasteiger partial charge is 0.272 e. The predicted octanol–water partition coefficient (Wildman–Crippen LogP) is 4.69. The molecule has 1 aromatic carbocycles. The van der Waals surface area contributed by atoms with E-state index in [1.54, 1.807) is 52.2 Å². The Morgan fingerprint density at radius 2 is 1.86 bits per heavy atom. The Labute approximate surface area is 172 Å². The number of amides is 1. The van der Waals surface area contributed by atoms with Crippen LogP contribution in [0.5, 0.6) is 0 Å². The molecule has 4 rings (SSSR count). The summed E-state index contributed by atoms with van der Waals surface area (Å²) < 4.78 is 12.8. The fourth-order valence-electron chi connectivity index (χ4n) is 3.40. The van der Waals surface area contributed by atoms with E-state index >= 15 is 0 Å². The molecule has 3 aromatic rings. The summed E-state index contributed by atoms with van der Waals surface area (Å²) in [6, 6.07) is 10.4. The van der Waals surface area contributed by atoms with E-state index in [1.807, 2.05) is 13.8 Å². The average Bonchev–Trinajstić information content (AvgIpc) is 3.32. The normalized spacial score (nSPS) is 19.8. The Balaban J connectivity index is 1.78. The number of ether oxygens (including phenoxy) is 1. The summed E-state index contributed by atoms with van der Waals surface area (Å²) in [6.45, 7) is 4.96. The van der Waals surface area contributed by atoms with E-state index in [2.05, 4.69) is 5.10 Å². The van der Waals surface area contributed by atoms with Crippen molar-refractivity contribution in [3.8, 4) is 17.1 Å². The van der Waals surface area contributed by atoms with Gasteiger partial charge in [-0.05, 0) is 44.2 Å². The molecule has 0 N–H and O–H groups in total. The molecule has 0 bridgehead atoms. The van der Waals surface area contributed by atoms with Crippen LogP contribution in [0.4, 0.5) is 0 Å². The Hall–Kier alpha value is -2.28. The number of halogens is 2. The molecule has 1 saturated heterocycles. The monoisotopic (exact) mass is 419 g/mol. The second-order valence-corrected chi connectivity index (χ2v) is 7.68. The Bertz CT molecular complexity index is 990. The summed E-state index contributed by atoms with van der Waals surface area (Å²) in [5.74, 6) is 0.454. The van der Waals surface area contributed by atoms with Crippen LogP contribution in [-0.4, -0.2) is 45.9 Å². The molecule has 0 saturated carbocycles. The van der Waals surface area contributed by atoms with Crippen LogP contribution >= 0.6 is 23.2 Å². The Morgan fingerprint density at radius 1 is 1.11 bits per heavy atom. The first kappa shape index (κ1) is 19.1. The van der Waals surface area contributed by atoms with Gasteiger partial charge >= 0.3 is 0 Å². The van der Waals surface area contributed by atoms with Gasteiger partial charge in [0.2, 0.25) is 0 Å². The highest BCUT2D eigenvalue weighted by Gasteiger charge is 2.29. The van der Waals surface area contributed by atoms with Gasteiger partial charge in [0.05, 0.1) is 34.2 Å². The number of morpholine rings is 1. The number of nitrogens with zero attached hydrogens (tertiary/aromatic N) is 3. The lowest BCUT2D eigenvalue weighted by atomic mass is 10.2. The van der Waals surface area contributed by atoms with E-state index in [1.165, 1.54) is 0 Å². The lowest BCUT2D eigenvalue weighted by Crippen LogP contribution is -2.48. The number of hydrogen-bond acceptors (Lipinski definition) is 4. The number of hydrogen-bond donors (Lipinski definition) is 0. The Kier molecular flexibility index (Phi) is 5.19. The molecule has 1 aliphatic heterocycles. The minimum atomic E-state index is -0.127. The first-order chi connectivity index (χ1) is 13.4. The quantitative estimate of drug-likeness (QED) is 0.617. The van der Waals surface area contributed by atoms with Gasteiger partial charge in [-0.1, -0.05) is 23.2 Å². The summed E-state index contributed by atoms with van der Waals surface area (Å²) in [7, 11) is 0. The maximum atomic E-state index is 13.3. The fraction of sp³-hybridized carbons (Fsp3) is 0.300. The third-order valence-electron chi connectivity index (χ3n) is 4.56. The second-order valence-electron chi connectivity index (χ2n) is 6.87. The molecule has 1 aliphatic rings. The third-order valence-corrected chi connectivity index (χ3v) is 5.30. The highest BCUT2D eigenvalue weighted by Crippen LogP contribution is 2.28. The molecule has 6 nitrogen and oxygen atoms in total. The Morgan fingerprint density at radius 3 is 2.50 bits per heavy atom. The number of furan rings is 1. The topological polar surface area (TPSA) is 60.5 Å². The molecule has 2 aromatic heterocycles. The molecule has 8 heteroatoms. The van der Waals surface area contributed by atoms with Crippen molar-refractivity contribution in [2.45, 2.75) is 26.1 Å². The molecule has 2 unspecified atom stereocenters. The van der Waals surface area contributed by atoms with Crippen molar-refractivity contribution in [3.05, 3.63) is 58.4 Å². The van der Waals surface area contributed by atoms with Gasteiger partial charge < -0.3 is 14.1 Å². The van der Waals surface area contributed by atoms with Crippen molar-refractivity contribution < 1.29 is 13.9 Å². The van der Waals surface area contributed by atoms with Crippen LogP contribution in [-0.2, 0) is 4.74 Å². The van der Waals surface area contributed by atoms with Gasteiger partial charge in [-0.3, -0.25) is 4.79 Å². The standard InChI is InChI=1S/C20H19Cl2N3O3/c1-12-10-24(11-13(2)28-12)20(26)18-9-17(19-4-3-7-27-19)23-25(18)14-5-6-15(21)16(22)8-14/h3-9,12-13H,10-11H2,1-2H3. The zero-order valence-corrected chi connectivity index (χ0v) is 16.9. The highest BCUT2D eigenvalue weighted by atomic mass is 35.5. The number of rotatable bonds is 3. The van der Waals surface area contributed by atoms with Gasteiger partial charge in [-0.15, -0.1) is 0 Å². The van der Waals surface area contributed by atoms with Crippen LogP contribution in [0, 0.1) is 0 Å². The minimum absolute atomic E-state index is 0.0291. The van der Waals surface area contributed by atoms with E-state index in [4.69, 9.17) is 32.4 Å². The van der Waals surface area contributed by atoms with Gasteiger partial charge in [0.25, 0.3) is 5.91 Å². The van der Waals surface area contributed by atoms with Crippen LogP contribution in [0.15, 0.2) is 47.1 Å². The molecule has 0 aliphatic carbocycles. The lowest BCUT2D eigenvalue weighted by Gasteiger charge is -2.35.